The number of hydrogen-bond donors (Lipinski definition) is 1. The fourth-order valence-electron chi connectivity index (χ4n) is 3.54. The molecular weight excluding hydrogens is 393 g/mol. The number of Topliss-reactive ketones (excluding diaryl/α,β-unsaturated/α-hetero) is 1. The minimum absolute atomic E-state index is 0.0786. The number of benzene rings is 2. The molecule has 0 saturated carbocycles. The van der Waals surface area contributed by atoms with E-state index >= 15 is 0 Å². The van der Waals surface area contributed by atoms with Crippen LogP contribution in [0.3, 0.4) is 0 Å². The molecule has 1 N–H and O–H groups in total. The Morgan fingerprint density at radius 3 is 2.34 bits per heavy atom. The quantitative estimate of drug-likeness (QED) is 0.689. The summed E-state index contributed by atoms with van der Waals surface area (Å²) in [5, 5.41) is 11.1. The van der Waals surface area contributed by atoms with Gasteiger partial charge in [-0.15, -0.1) is 0 Å². The van der Waals surface area contributed by atoms with E-state index in [2.05, 4.69) is 0 Å². The van der Waals surface area contributed by atoms with Gasteiger partial charge in [-0.05, 0) is 47.7 Å². The number of nitrogens with zero attached hydrogens (tertiary/aromatic N) is 1. The van der Waals surface area contributed by atoms with E-state index in [1.165, 1.54) is 17.0 Å². The Hall–Kier alpha value is -2.66. The molecule has 2 aromatic rings. The molecule has 0 saturated heterocycles. The first-order valence-corrected chi connectivity index (χ1v) is 9.93. The molecular formula is C23H23ClFNO3. The fourth-order valence-corrected chi connectivity index (χ4v) is 3.67. The van der Waals surface area contributed by atoms with Crippen LogP contribution in [-0.4, -0.2) is 28.2 Å². The Morgan fingerprint density at radius 2 is 1.76 bits per heavy atom. The van der Waals surface area contributed by atoms with Crippen molar-refractivity contribution in [3.63, 3.8) is 0 Å². The lowest BCUT2D eigenvalue weighted by Gasteiger charge is -2.27. The maximum atomic E-state index is 13.4. The number of rotatable bonds is 7. The van der Waals surface area contributed by atoms with E-state index in [0.717, 1.165) is 5.56 Å². The van der Waals surface area contributed by atoms with E-state index in [0.29, 0.717) is 23.6 Å². The first kappa shape index (κ1) is 21.1. The monoisotopic (exact) mass is 415 g/mol. The molecule has 0 aliphatic carbocycles. The Balaban J connectivity index is 1.93. The number of hydrogen-bond acceptors (Lipinski definition) is 3. The highest BCUT2D eigenvalue weighted by Crippen LogP contribution is 2.38. The summed E-state index contributed by atoms with van der Waals surface area (Å²) >= 11 is 5.92. The van der Waals surface area contributed by atoms with Crippen molar-refractivity contribution < 1.29 is 19.1 Å². The number of aliphatic hydroxyl groups is 1. The molecule has 0 bridgehead atoms. The predicted octanol–water partition coefficient (Wildman–Crippen LogP) is 5.03. The molecule has 0 spiro atoms. The molecule has 29 heavy (non-hydrogen) atoms. The first-order chi connectivity index (χ1) is 13.8. The van der Waals surface area contributed by atoms with Crippen molar-refractivity contribution in [3.05, 3.63) is 81.8 Å². The zero-order chi connectivity index (χ0) is 21.1. The first-order valence-electron chi connectivity index (χ1n) is 9.55. The van der Waals surface area contributed by atoms with E-state index in [-0.39, 0.29) is 23.7 Å². The summed E-state index contributed by atoms with van der Waals surface area (Å²) in [5.41, 5.74) is 1.65. The summed E-state index contributed by atoms with van der Waals surface area (Å²) in [6, 6.07) is 12.2. The van der Waals surface area contributed by atoms with Crippen molar-refractivity contribution in [2.24, 2.45) is 5.92 Å². The van der Waals surface area contributed by atoms with E-state index in [9.17, 15) is 19.1 Å². The smallest absolute Gasteiger partial charge is 0.290 e. The zero-order valence-corrected chi connectivity index (χ0v) is 17.1. The van der Waals surface area contributed by atoms with Gasteiger partial charge in [0, 0.05) is 18.0 Å². The fraction of sp³-hybridized carbons (Fsp3) is 0.304. The van der Waals surface area contributed by atoms with Crippen LogP contribution >= 0.6 is 11.6 Å². The topological polar surface area (TPSA) is 57.6 Å². The summed E-state index contributed by atoms with van der Waals surface area (Å²) in [7, 11) is 0. The van der Waals surface area contributed by atoms with Gasteiger partial charge in [-0.25, -0.2) is 4.39 Å². The average molecular weight is 416 g/mol. The van der Waals surface area contributed by atoms with Crippen LogP contribution in [0.25, 0.3) is 0 Å². The van der Waals surface area contributed by atoms with Gasteiger partial charge < -0.3 is 10.0 Å². The number of amides is 1. The van der Waals surface area contributed by atoms with Crippen molar-refractivity contribution in [1.29, 1.82) is 0 Å². The SMILES string of the molecule is CC(C)CC(=O)C1=C(O)C(=O)N(CCc2ccc(Cl)cc2)C1c1ccc(F)cc1. The van der Waals surface area contributed by atoms with Crippen molar-refractivity contribution in [2.45, 2.75) is 32.7 Å². The summed E-state index contributed by atoms with van der Waals surface area (Å²) in [6.07, 6.45) is 0.745. The molecule has 3 rings (SSSR count). The maximum Gasteiger partial charge on any atom is 0.290 e. The second kappa shape index (κ2) is 8.78. The van der Waals surface area contributed by atoms with Crippen LogP contribution in [-0.2, 0) is 16.0 Å². The lowest BCUT2D eigenvalue weighted by molar-refractivity contribution is -0.129. The third kappa shape index (κ3) is 4.67. The zero-order valence-electron chi connectivity index (χ0n) is 16.4. The highest BCUT2D eigenvalue weighted by molar-refractivity contribution is 6.30. The molecule has 1 atom stereocenters. The molecule has 2 aromatic carbocycles. The van der Waals surface area contributed by atoms with Gasteiger partial charge in [0.2, 0.25) is 0 Å². The minimum Gasteiger partial charge on any atom is -0.503 e. The third-order valence-corrected chi connectivity index (χ3v) is 5.19. The molecule has 1 amide bonds. The number of carbonyl (C=O) groups is 2. The van der Waals surface area contributed by atoms with Crippen molar-refractivity contribution in [1.82, 2.24) is 4.90 Å². The predicted molar refractivity (Wildman–Crippen MR) is 110 cm³/mol. The Labute approximate surface area is 174 Å². The highest BCUT2D eigenvalue weighted by atomic mass is 35.5. The molecule has 1 aliphatic rings. The standard InChI is InChI=1S/C23H23ClFNO3/c1-14(2)13-19(27)20-21(16-5-9-18(25)10-6-16)26(23(29)22(20)28)12-11-15-3-7-17(24)8-4-15/h3-10,14,21,28H,11-13H2,1-2H3. The summed E-state index contributed by atoms with van der Waals surface area (Å²) in [5.74, 6) is -1.69. The third-order valence-electron chi connectivity index (χ3n) is 4.94. The molecule has 1 aliphatic heterocycles. The molecule has 152 valence electrons. The van der Waals surface area contributed by atoms with Crippen LogP contribution in [0.4, 0.5) is 4.39 Å². The Bertz CT molecular complexity index is 936. The van der Waals surface area contributed by atoms with E-state index in [1.807, 2.05) is 26.0 Å². The molecule has 1 unspecified atom stereocenters. The van der Waals surface area contributed by atoms with Crippen LogP contribution in [0.15, 0.2) is 59.9 Å². The van der Waals surface area contributed by atoms with Crippen molar-refractivity contribution in [3.8, 4) is 0 Å². The van der Waals surface area contributed by atoms with E-state index < -0.39 is 23.5 Å². The van der Waals surface area contributed by atoms with Gasteiger partial charge in [-0.1, -0.05) is 49.7 Å². The van der Waals surface area contributed by atoms with Gasteiger partial charge in [0.25, 0.3) is 5.91 Å². The normalized spacial score (nSPS) is 16.8. The second-order valence-corrected chi connectivity index (χ2v) is 8.05. The van der Waals surface area contributed by atoms with Crippen LogP contribution in [0.5, 0.6) is 0 Å². The molecule has 4 nitrogen and oxygen atoms in total. The summed E-state index contributed by atoms with van der Waals surface area (Å²) < 4.78 is 13.4. The highest BCUT2D eigenvalue weighted by Gasteiger charge is 2.43. The largest absolute Gasteiger partial charge is 0.503 e. The van der Waals surface area contributed by atoms with Crippen LogP contribution in [0.2, 0.25) is 5.02 Å². The maximum absolute atomic E-state index is 13.4. The van der Waals surface area contributed by atoms with E-state index in [4.69, 9.17) is 11.6 Å². The van der Waals surface area contributed by atoms with Gasteiger partial charge in [0.15, 0.2) is 11.5 Å². The number of halogens is 2. The van der Waals surface area contributed by atoms with Gasteiger partial charge in [-0.3, -0.25) is 9.59 Å². The number of aliphatic hydroxyl groups excluding tert-OH is 1. The Morgan fingerprint density at radius 1 is 1.14 bits per heavy atom. The van der Waals surface area contributed by atoms with Gasteiger partial charge in [-0.2, -0.15) is 0 Å². The van der Waals surface area contributed by atoms with Gasteiger partial charge >= 0.3 is 0 Å². The minimum atomic E-state index is -0.735. The molecule has 0 radical (unpaired) electrons. The number of ketones is 1. The molecule has 6 heteroatoms. The lowest BCUT2D eigenvalue weighted by Crippen LogP contribution is -2.33. The Kier molecular flexibility index (Phi) is 6.38. The van der Waals surface area contributed by atoms with Gasteiger partial charge in [0.05, 0.1) is 11.6 Å². The van der Waals surface area contributed by atoms with Crippen LogP contribution in [0.1, 0.15) is 37.4 Å². The van der Waals surface area contributed by atoms with Crippen molar-refractivity contribution in [2.75, 3.05) is 6.54 Å². The summed E-state index contributed by atoms with van der Waals surface area (Å²) in [6.45, 7) is 4.10. The van der Waals surface area contributed by atoms with Crippen molar-refractivity contribution >= 4 is 23.3 Å². The molecule has 1 heterocycles. The number of carbonyl (C=O) groups excluding carboxylic acids is 2. The second-order valence-electron chi connectivity index (χ2n) is 7.61. The van der Waals surface area contributed by atoms with Gasteiger partial charge in [0.1, 0.15) is 5.82 Å². The molecule has 0 aromatic heterocycles. The van der Waals surface area contributed by atoms with Crippen LogP contribution in [0, 0.1) is 11.7 Å². The van der Waals surface area contributed by atoms with E-state index in [1.54, 1.807) is 24.3 Å². The lowest BCUT2D eigenvalue weighted by atomic mass is 9.92. The average Bonchev–Trinajstić information content (AvgIpc) is 2.92. The summed E-state index contributed by atoms with van der Waals surface area (Å²) in [4.78, 5) is 27.1. The van der Waals surface area contributed by atoms with Crippen LogP contribution < -0.4 is 0 Å². The molecule has 0 fully saturated rings.